The second-order valence-corrected chi connectivity index (χ2v) is 8.32. The molecular formula is C18H21ClN2O3S. The average Bonchev–Trinajstić information content (AvgIpc) is 2.64. The molecule has 1 saturated heterocycles. The Morgan fingerprint density at radius 3 is 2.36 bits per heavy atom. The van der Waals surface area contributed by atoms with E-state index in [0.717, 1.165) is 17.0 Å². The van der Waals surface area contributed by atoms with Crippen molar-refractivity contribution in [3.05, 3.63) is 53.1 Å². The van der Waals surface area contributed by atoms with Gasteiger partial charge in [0.2, 0.25) is 10.0 Å². The molecule has 2 aromatic rings. The number of halogens is 1. The number of ether oxygens (including phenoxy) is 1. The molecule has 0 aromatic heterocycles. The zero-order valence-corrected chi connectivity index (χ0v) is 15.8. The van der Waals surface area contributed by atoms with Crippen molar-refractivity contribution in [3.63, 3.8) is 0 Å². The minimum Gasteiger partial charge on any atom is -0.495 e. The van der Waals surface area contributed by atoms with Gasteiger partial charge < -0.3 is 9.64 Å². The van der Waals surface area contributed by atoms with Crippen LogP contribution in [-0.2, 0) is 10.0 Å². The Morgan fingerprint density at radius 1 is 1.04 bits per heavy atom. The third-order valence-electron chi connectivity index (χ3n) is 4.43. The van der Waals surface area contributed by atoms with E-state index in [1.54, 1.807) is 32.2 Å². The van der Waals surface area contributed by atoms with Gasteiger partial charge in [-0.15, -0.1) is 0 Å². The Kier molecular flexibility index (Phi) is 5.22. The van der Waals surface area contributed by atoms with Crippen molar-refractivity contribution in [1.29, 1.82) is 0 Å². The van der Waals surface area contributed by atoms with Gasteiger partial charge in [-0.05, 0) is 42.8 Å². The van der Waals surface area contributed by atoms with Crippen molar-refractivity contribution in [2.45, 2.75) is 11.8 Å². The maximum absolute atomic E-state index is 12.9. The number of sulfonamides is 1. The van der Waals surface area contributed by atoms with Gasteiger partial charge in [-0.25, -0.2) is 8.42 Å². The summed E-state index contributed by atoms with van der Waals surface area (Å²) >= 11 is 6.01. The first-order valence-corrected chi connectivity index (χ1v) is 9.89. The van der Waals surface area contributed by atoms with Crippen molar-refractivity contribution >= 4 is 27.3 Å². The zero-order valence-electron chi connectivity index (χ0n) is 14.3. The summed E-state index contributed by atoms with van der Waals surface area (Å²) in [5, 5.41) is 0.569. The molecule has 1 heterocycles. The topological polar surface area (TPSA) is 49.9 Å². The van der Waals surface area contributed by atoms with E-state index in [0.29, 0.717) is 36.1 Å². The largest absolute Gasteiger partial charge is 0.495 e. The first-order chi connectivity index (χ1) is 11.9. The van der Waals surface area contributed by atoms with Gasteiger partial charge in [0.1, 0.15) is 5.75 Å². The van der Waals surface area contributed by atoms with Crippen molar-refractivity contribution in [2.75, 3.05) is 38.2 Å². The summed E-state index contributed by atoms with van der Waals surface area (Å²) in [5.41, 5.74) is 1.75. The van der Waals surface area contributed by atoms with Gasteiger partial charge in [-0.3, -0.25) is 0 Å². The van der Waals surface area contributed by atoms with Crippen LogP contribution in [0.5, 0.6) is 5.75 Å². The quantitative estimate of drug-likeness (QED) is 0.817. The van der Waals surface area contributed by atoms with Gasteiger partial charge in [0, 0.05) is 31.2 Å². The van der Waals surface area contributed by atoms with Crippen LogP contribution in [0.15, 0.2) is 47.4 Å². The summed E-state index contributed by atoms with van der Waals surface area (Å²) < 4.78 is 32.6. The normalized spacial score (nSPS) is 16.0. The monoisotopic (exact) mass is 380 g/mol. The maximum atomic E-state index is 12.9. The van der Waals surface area contributed by atoms with Gasteiger partial charge in [-0.1, -0.05) is 23.7 Å². The fourth-order valence-corrected chi connectivity index (χ4v) is 4.61. The first kappa shape index (κ1) is 18.0. The number of anilines is 1. The molecule has 7 heteroatoms. The lowest BCUT2D eigenvalue weighted by Crippen LogP contribution is -2.48. The van der Waals surface area contributed by atoms with Crippen LogP contribution in [-0.4, -0.2) is 46.0 Å². The molecule has 0 saturated carbocycles. The van der Waals surface area contributed by atoms with Gasteiger partial charge in [0.05, 0.1) is 17.7 Å². The fourth-order valence-electron chi connectivity index (χ4n) is 2.99. The SMILES string of the molecule is COc1ccccc1N1CCN(S(=O)(=O)c2ccc(Cl)c(C)c2)CC1. The van der Waals surface area contributed by atoms with Crippen molar-refractivity contribution < 1.29 is 13.2 Å². The molecule has 0 spiro atoms. The molecule has 0 atom stereocenters. The Balaban J connectivity index is 1.76. The summed E-state index contributed by atoms with van der Waals surface area (Å²) in [5.74, 6) is 0.798. The van der Waals surface area contributed by atoms with E-state index in [1.165, 1.54) is 4.31 Å². The van der Waals surface area contributed by atoms with E-state index in [1.807, 2.05) is 24.3 Å². The molecule has 0 unspecified atom stereocenters. The Morgan fingerprint density at radius 2 is 1.72 bits per heavy atom. The zero-order chi connectivity index (χ0) is 18.0. The molecule has 3 rings (SSSR count). The smallest absolute Gasteiger partial charge is 0.243 e. The second-order valence-electron chi connectivity index (χ2n) is 5.97. The lowest BCUT2D eigenvalue weighted by molar-refractivity contribution is 0.378. The van der Waals surface area contributed by atoms with E-state index in [9.17, 15) is 8.42 Å². The van der Waals surface area contributed by atoms with Gasteiger partial charge in [0.15, 0.2) is 0 Å². The molecule has 25 heavy (non-hydrogen) atoms. The van der Waals surface area contributed by atoms with Gasteiger partial charge in [-0.2, -0.15) is 4.31 Å². The lowest BCUT2D eigenvalue weighted by atomic mass is 10.2. The number of benzene rings is 2. The van der Waals surface area contributed by atoms with Crippen LogP contribution in [0.25, 0.3) is 0 Å². The highest BCUT2D eigenvalue weighted by molar-refractivity contribution is 7.89. The molecule has 134 valence electrons. The Labute approximate surface area is 153 Å². The second kappa shape index (κ2) is 7.23. The highest BCUT2D eigenvalue weighted by Gasteiger charge is 2.29. The van der Waals surface area contributed by atoms with Gasteiger partial charge >= 0.3 is 0 Å². The third-order valence-corrected chi connectivity index (χ3v) is 6.75. The Bertz CT molecular complexity index is 862. The predicted octanol–water partition coefficient (Wildman–Crippen LogP) is 3.17. The molecule has 0 radical (unpaired) electrons. The number of rotatable bonds is 4. The van der Waals surface area contributed by atoms with Crippen LogP contribution >= 0.6 is 11.6 Å². The first-order valence-electron chi connectivity index (χ1n) is 8.08. The standard InChI is InChI=1S/C18H21ClN2O3S/c1-14-13-15(7-8-16(14)19)25(22,23)21-11-9-20(10-12-21)17-5-3-4-6-18(17)24-2/h3-8,13H,9-12H2,1-2H3. The number of aryl methyl sites for hydroxylation is 1. The van der Waals surface area contributed by atoms with Crippen molar-refractivity contribution in [2.24, 2.45) is 0 Å². The van der Waals surface area contributed by atoms with Crippen LogP contribution in [0.3, 0.4) is 0 Å². The highest BCUT2D eigenvalue weighted by atomic mass is 35.5. The highest BCUT2D eigenvalue weighted by Crippen LogP contribution is 2.29. The maximum Gasteiger partial charge on any atom is 0.243 e. The van der Waals surface area contributed by atoms with Crippen LogP contribution in [0, 0.1) is 6.92 Å². The van der Waals surface area contributed by atoms with Crippen molar-refractivity contribution in [1.82, 2.24) is 4.31 Å². The summed E-state index contributed by atoms with van der Waals surface area (Å²) in [6, 6.07) is 12.6. The van der Waals surface area contributed by atoms with E-state index < -0.39 is 10.0 Å². The summed E-state index contributed by atoms with van der Waals surface area (Å²) in [4.78, 5) is 2.44. The number of para-hydroxylation sites is 2. The minimum absolute atomic E-state index is 0.292. The molecule has 1 fully saturated rings. The minimum atomic E-state index is -3.51. The summed E-state index contributed by atoms with van der Waals surface area (Å²) in [6.07, 6.45) is 0. The van der Waals surface area contributed by atoms with Gasteiger partial charge in [0.25, 0.3) is 0 Å². The molecule has 0 aliphatic carbocycles. The summed E-state index contributed by atoms with van der Waals surface area (Å²) in [6.45, 7) is 3.91. The molecule has 0 bridgehead atoms. The third kappa shape index (κ3) is 3.61. The van der Waals surface area contributed by atoms with Crippen LogP contribution in [0.1, 0.15) is 5.56 Å². The molecule has 0 amide bonds. The molecule has 0 N–H and O–H groups in total. The molecule has 2 aromatic carbocycles. The van der Waals surface area contributed by atoms with Crippen LogP contribution in [0.4, 0.5) is 5.69 Å². The predicted molar refractivity (Wildman–Crippen MR) is 100 cm³/mol. The van der Waals surface area contributed by atoms with E-state index >= 15 is 0 Å². The van der Waals surface area contributed by atoms with Crippen LogP contribution in [0.2, 0.25) is 5.02 Å². The molecule has 5 nitrogen and oxygen atoms in total. The molecule has 1 aliphatic rings. The van der Waals surface area contributed by atoms with Crippen molar-refractivity contribution in [3.8, 4) is 5.75 Å². The summed E-state index contributed by atoms with van der Waals surface area (Å²) in [7, 11) is -1.86. The van der Waals surface area contributed by atoms with E-state index in [-0.39, 0.29) is 0 Å². The average molecular weight is 381 g/mol. The lowest BCUT2D eigenvalue weighted by Gasteiger charge is -2.36. The Hall–Kier alpha value is -1.76. The number of nitrogens with zero attached hydrogens (tertiary/aromatic N) is 2. The molecule has 1 aliphatic heterocycles. The number of piperazine rings is 1. The van der Waals surface area contributed by atoms with E-state index in [4.69, 9.17) is 16.3 Å². The van der Waals surface area contributed by atoms with Crippen LogP contribution < -0.4 is 9.64 Å². The number of hydrogen-bond donors (Lipinski definition) is 0. The number of methoxy groups -OCH3 is 1. The van der Waals surface area contributed by atoms with E-state index in [2.05, 4.69) is 4.90 Å². The fraction of sp³-hybridized carbons (Fsp3) is 0.333. The number of hydrogen-bond acceptors (Lipinski definition) is 4. The molecular weight excluding hydrogens is 360 g/mol.